The molecule has 4 atom stereocenters. The van der Waals surface area contributed by atoms with Gasteiger partial charge >= 0.3 is 0 Å². The summed E-state index contributed by atoms with van der Waals surface area (Å²) in [7, 11) is 0. The number of carbonyl (C=O) groups excluding carboxylic acids is 1. The van der Waals surface area contributed by atoms with E-state index in [4.69, 9.17) is 14.6 Å². The molecule has 1 saturated heterocycles. The van der Waals surface area contributed by atoms with Gasteiger partial charge in [0.25, 0.3) is 0 Å². The van der Waals surface area contributed by atoms with E-state index in [0.717, 1.165) is 5.75 Å². The summed E-state index contributed by atoms with van der Waals surface area (Å²) in [6.07, 6.45) is -1.48. The highest BCUT2D eigenvalue weighted by atomic mass is 32.2. The first kappa shape index (κ1) is 17.7. The van der Waals surface area contributed by atoms with Crippen LogP contribution in [0.1, 0.15) is 6.92 Å². The zero-order valence-corrected chi connectivity index (χ0v) is 12.6. The number of thioether (sulfide) groups is 1. The highest BCUT2D eigenvalue weighted by Crippen LogP contribution is 2.25. The summed E-state index contributed by atoms with van der Waals surface area (Å²) in [5, 5.41) is 31.9. The van der Waals surface area contributed by atoms with E-state index < -0.39 is 30.5 Å². The van der Waals surface area contributed by atoms with E-state index in [1.165, 1.54) is 6.92 Å². The summed E-state index contributed by atoms with van der Waals surface area (Å²) in [6.45, 7) is 1.39. The van der Waals surface area contributed by atoms with Crippen LogP contribution in [0.2, 0.25) is 0 Å². The van der Waals surface area contributed by atoms with Crippen molar-refractivity contribution in [3.05, 3.63) is 0 Å². The molecular weight excluding hydrogens is 286 g/mol. The molecule has 0 bridgehead atoms. The second-order valence-electron chi connectivity index (χ2n) is 4.85. The number of hydrogen-bond acceptors (Lipinski definition) is 7. The first-order valence-corrected chi connectivity index (χ1v) is 7.80. The zero-order valence-electron chi connectivity index (χ0n) is 11.7. The van der Waals surface area contributed by atoms with Crippen LogP contribution in [0, 0.1) is 0 Å². The molecule has 4 N–H and O–H groups in total. The molecule has 1 aliphatic heterocycles. The molecule has 1 heterocycles. The van der Waals surface area contributed by atoms with Gasteiger partial charge in [-0.05, 0) is 6.26 Å². The van der Waals surface area contributed by atoms with Gasteiger partial charge in [0.15, 0.2) is 0 Å². The van der Waals surface area contributed by atoms with Gasteiger partial charge in [0.1, 0.15) is 23.9 Å². The third kappa shape index (κ3) is 4.31. The fraction of sp³-hybridized carbons (Fsp3) is 0.917. The van der Waals surface area contributed by atoms with Gasteiger partial charge in [-0.25, -0.2) is 0 Å². The first-order valence-electron chi connectivity index (χ1n) is 6.41. The molecule has 0 aromatic heterocycles. The SMILES string of the molecule is CSCCOCC1(NC(C)=O)COC(CO)C(O)C1O. The van der Waals surface area contributed by atoms with Crippen molar-refractivity contribution >= 4 is 17.7 Å². The van der Waals surface area contributed by atoms with Gasteiger partial charge in [-0.3, -0.25) is 4.79 Å². The van der Waals surface area contributed by atoms with Gasteiger partial charge < -0.3 is 30.1 Å². The van der Waals surface area contributed by atoms with Crippen LogP contribution in [0.25, 0.3) is 0 Å². The van der Waals surface area contributed by atoms with Crippen LogP contribution in [0.4, 0.5) is 0 Å². The Kier molecular flexibility index (Phi) is 7.21. The number of ether oxygens (including phenoxy) is 2. The molecule has 0 aliphatic carbocycles. The Balaban J connectivity index is 2.74. The van der Waals surface area contributed by atoms with E-state index >= 15 is 0 Å². The molecule has 0 spiro atoms. The van der Waals surface area contributed by atoms with Crippen molar-refractivity contribution in [3.63, 3.8) is 0 Å². The molecule has 1 aliphatic rings. The van der Waals surface area contributed by atoms with Crippen molar-refractivity contribution in [2.45, 2.75) is 30.8 Å². The van der Waals surface area contributed by atoms with E-state index in [-0.39, 0.29) is 19.1 Å². The molecule has 7 nitrogen and oxygen atoms in total. The minimum atomic E-state index is -1.29. The number of rotatable bonds is 7. The van der Waals surface area contributed by atoms with Crippen LogP contribution in [0.3, 0.4) is 0 Å². The maximum absolute atomic E-state index is 11.3. The quantitative estimate of drug-likeness (QED) is 0.417. The van der Waals surface area contributed by atoms with E-state index in [1.54, 1.807) is 11.8 Å². The molecule has 118 valence electrons. The lowest BCUT2D eigenvalue weighted by Gasteiger charge is -2.46. The highest BCUT2D eigenvalue weighted by molar-refractivity contribution is 7.98. The van der Waals surface area contributed by atoms with Gasteiger partial charge in [0, 0.05) is 12.7 Å². The Morgan fingerprint density at radius 1 is 1.55 bits per heavy atom. The van der Waals surface area contributed by atoms with Crippen LogP contribution >= 0.6 is 11.8 Å². The van der Waals surface area contributed by atoms with Crippen molar-refractivity contribution in [2.24, 2.45) is 0 Å². The summed E-state index contributed by atoms with van der Waals surface area (Å²) in [4.78, 5) is 11.3. The second-order valence-corrected chi connectivity index (χ2v) is 5.84. The summed E-state index contributed by atoms with van der Waals surface area (Å²) < 4.78 is 10.8. The van der Waals surface area contributed by atoms with E-state index in [2.05, 4.69) is 5.32 Å². The monoisotopic (exact) mass is 309 g/mol. The standard InChI is InChI=1S/C12H23NO6S/c1-8(15)13-12(6-18-3-4-20-2)7-19-9(5-14)10(16)11(12)17/h9-11,14,16-17H,3-7H2,1-2H3,(H,13,15). The first-order chi connectivity index (χ1) is 9.46. The summed E-state index contributed by atoms with van der Waals surface area (Å²) in [6, 6.07) is 0. The molecule has 0 saturated carbocycles. The highest BCUT2D eigenvalue weighted by Gasteiger charge is 2.50. The molecular formula is C12H23NO6S. The van der Waals surface area contributed by atoms with Crippen molar-refractivity contribution in [3.8, 4) is 0 Å². The van der Waals surface area contributed by atoms with E-state index in [0.29, 0.717) is 6.61 Å². The molecule has 8 heteroatoms. The number of hydrogen-bond donors (Lipinski definition) is 4. The average Bonchev–Trinajstić information content (AvgIpc) is 2.41. The minimum Gasteiger partial charge on any atom is -0.394 e. The molecule has 4 unspecified atom stereocenters. The molecule has 0 aromatic rings. The van der Waals surface area contributed by atoms with Gasteiger partial charge in [-0.15, -0.1) is 0 Å². The Morgan fingerprint density at radius 3 is 2.80 bits per heavy atom. The Bertz CT molecular complexity index is 318. The van der Waals surface area contributed by atoms with Crippen LogP contribution in [-0.4, -0.2) is 83.5 Å². The second kappa shape index (κ2) is 8.16. The number of amides is 1. The molecule has 0 radical (unpaired) electrons. The minimum absolute atomic E-state index is 0.0313. The average molecular weight is 309 g/mol. The summed E-state index contributed by atoms with van der Waals surface area (Å²) in [5.41, 5.74) is -1.20. The van der Waals surface area contributed by atoms with Crippen molar-refractivity contribution in [1.82, 2.24) is 5.32 Å². The van der Waals surface area contributed by atoms with Crippen molar-refractivity contribution in [1.29, 1.82) is 0 Å². The van der Waals surface area contributed by atoms with Gasteiger partial charge in [0.2, 0.25) is 5.91 Å². The van der Waals surface area contributed by atoms with Gasteiger partial charge in [-0.1, -0.05) is 0 Å². The molecule has 0 aromatic carbocycles. The van der Waals surface area contributed by atoms with Gasteiger partial charge in [0.05, 0.1) is 26.4 Å². The van der Waals surface area contributed by atoms with E-state index in [1.807, 2.05) is 6.26 Å². The fourth-order valence-corrected chi connectivity index (χ4v) is 2.44. The van der Waals surface area contributed by atoms with E-state index in [9.17, 15) is 15.0 Å². The number of carbonyl (C=O) groups is 1. The third-order valence-corrected chi connectivity index (χ3v) is 3.80. The lowest BCUT2D eigenvalue weighted by Crippen LogP contribution is -2.71. The largest absolute Gasteiger partial charge is 0.394 e. The van der Waals surface area contributed by atoms with Crippen LogP contribution < -0.4 is 5.32 Å². The zero-order chi connectivity index (χ0) is 15.2. The van der Waals surface area contributed by atoms with Crippen molar-refractivity contribution < 1.29 is 29.6 Å². The van der Waals surface area contributed by atoms with Crippen LogP contribution in [-0.2, 0) is 14.3 Å². The smallest absolute Gasteiger partial charge is 0.217 e. The number of aliphatic hydroxyl groups is 3. The normalized spacial score (nSPS) is 34.0. The molecule has 20 heavy (non-hydrogen) atoms. The summed E-state index contributed by atoms with van der Waals surface area (Å²) >= 11 is 1.62. The number of aliphatic hydroxyl groups excluding tert-OH is 3. The summed E-state index contributed by atoms with van der Waals surface area (Å²) in [5.74, 6) is 0.435. The Hall–Kier alpha value is -0.380. The number of nitrogens with one attached hydrogen (secondary N) is 1. The fourth-order valence-electron chi connectivity index (χ4n) is 2.15. The predicted molar refractivity (Wildman–Crippen MR) is 74.6 cm³/mol. The Morgan fingerprint density at radius 2 is 2.25 bits per heavy atom. The Labute approximate surface area is 122 Å². The van der Waals surface area contributed by atoms with Gasteiger partial charge in [-0.2, -0.15) is 11.8 Å². The lowest BCUT2D eigenvalue weighted by molar-refractivity contribution is -0.202. The van der Waals surface area contributed by atoms with Crippen molar-refractivity contribution in [2.75, 3.05) is 38.4 Å². The maximum Gasteiger partial charge on any atom is 0.217 e. The van der Waals surface area contributed by atoms with Crippen LogP contribution in [0.5, 0.6) is 0 Å². The molecule has 1 rings (SSSR count). The topological polar surface area (TPSA) is 108 Å². The molecule has 1 amide bonds. The predicted octanol–water partition coefficient (Wildman–Crippen LogP) is -1.65. The maximum atomic E-state index is 11.3. The lowest BCUT2D eigenvalue weighted by atomic mass is 9.85. The third-order valence-electron chi connectivity index (χ3n) is 3.22. The van der Waals surface area contributed by atoms with Crippen LogP contribution in [0.15, 0.2) is 0 Å². The molecule has 1 fully saturated rings.